The van der Waals surface area contributed by atoms with Crippen LogP contribution in [0.1, 0.15) is 20.8 Å². The zero-order valence-corrected chi connectivity index (χ0v) is 7.97. The Balaban J connectivity index is 3.91. The topological polar surface area (TPSA) is 12.0 Å². The van der Waals surface area contributed by atoms with Crippen molar-refractivity contribution in [1.82, 2.24) is 5.09 Å². The average Bonchev–Trinajstić information content (AvgIpc) is 1.84. The SMILES string of the molecule is CCP(F)(F)(F)NCC(C)C. The summed E-state index contributed by atoms with van der Waals surface area (Å²) >= 11 is 0. The first-order valence-corrected chi connectivity index (χ1v) is 5.76. The first-order valence-electron chi connectivity index (χ1n) is 3.67. The van der Waals surface area contributed by atoms with Gasteiger partial charge in [-0.15, -0.1) is 0 Å². The van der Waals surface area contributed by atoms with Crippen molar-refractivity contribution >= 4 is 7.69 Å². The Bertz CT molecular complexity index is 130. The molecule has 0 rings (SSSR count). The monoisotopic (exact) mass is 189 g/mol. The second-order valence-corrected chi connectivity index (χ2v) is 5.91. The minimum atomic E-state index is -5.95. The standard InChI is InChI=1S/C6H15F3NP/c1-4-11(7,8,9)10-5-6(2)3/h6,10H,4-5H2,1-3H3. The molecular formula is C6H15F3NP. The Kier molecular flexibility index (Phi) is 3.33. The number of halogens is 3. The summed E-state index contributed by atoms with van der Waals surface area (Å²) in [6.45, 7) is 4.71. The molecule has 0 radical (unpaired) electrons. The van der Waals surface area contributed by atoms with Gasteiger partial charge in [-0.25, -0.2) is 0 Å². The third kappa shape index (κ3) is 5.45. The molecule has 0 aliphatic rings. The van der Waals surface area contributed by atoms with Crippen molar-refractivity contribution in [3.63, 3.8) is 0 Å². The molecule has 11 heavy (non-hydrogen) atoms. The summed E-state index contributed by atoms with van der Waals surface area (Å²) in [5.74, 6) is 0.0466. The average molecular weight is 189 g/mol. The fourth-order valence-electron chi connectivity index (χ4n) is 0.462. The Hall–Kier alpha value is 0.180. The van der Waals surface area contributed by atoms with Crippen LogP contribution in [0.5, 0.6) is 0 Å². The van der Waals surface area contributed by atoms with Crippen molar-refractivity contribution in [3.8, 4) is 0 Å². The molecule has 0 bridgehead atoms. The Morgan fingerprint density at radius 2 is 1.73 bits per heavy atom. The molecule has 5 heteroatoms. The third-order valence-electron chi connectivity index (χ3n) is 1.31. The minimum absolute atomic E-state index is 0.0369. The summed E-state index contributed by atoms with van der Waals surface area (Å²) < 4.78 is 37.7. The van der Waals surface area contributed by atoms with Crippen LogP contribution in [0, 0.1) is 5.92 Å². The predicted octanol–water partition coefficient (Wildman–Crippen LogP) is 3.37. The van der Waals surface area contributed by atoms with Gasteiger partial charge < -0.3 is 0 Å². The maximum atomic E-state index is 12.6. The van der Waals surface area contributed by atoms with E-state index in [1.165, 1.54) is 0 Å². The van der Waals surface area contributed by atoms with Gasteiger partial charge in [0.15, 0.2) is 0 Å². The molecule has 0 fully saturated rings. The molecule has 0 spiro atoms. The van der Waals surface area contributed by atoms with Gasteiger partial charge in [0, 0.05) is 0 Å². The van der Waals surface area contributed by atoms with Crippen LogP contribution in [-0.2, 0) is 0 Å². The molecule has 70 valence electrons. The zero-order chi connectivity index (χ0) is 9.15. The van der Waals surface area contributed by atoms with Gasteiger partial charge in [0.25, 0.3) is 0 Å². The maximum absolute atomic E-state index is 12.6. The molecule has 0 heterocycles. The normalized spacial score (nSPS) is 16.5. The third-order valence-corrected chi connectivity index (χ3v) is 3.11. The van der Waals surface area contributed by atoms with Crippen molar-refractivity contribution in [2.24, 2.45) is 5.92 Å². The molecule has 0 aromatic carbocycles. The van der Waals surface area contributed by atoms with Crippen molar-refractivity contribution in [2.75, 3.05) is 12.7 Å². The summed E-state index contributed by atoms with van der Waals surface area (Å²) in [5, 5.41) is 1.72. The fourth-order valence-corrected chi connectivity index (χ4v) is 1.39. The van der Waals surface area contributed by atoms with Gasteiger partial charge in [0.05, 0.1) is 0 Å². The number of hydrogen-bond acceptors (Lipinski definition) is 1. The van der Waals surface area contributed by atoms with E-state index in [1.807, 2.05) is 0 Å². The van der Waals surface area contributed by atoms with Crippen molar-refractivity contribution in [2.45, 2.75) is 20.8 Å². The van der Waals surface area contributed by atoms with Crippen LogP contribution in [0.4, 0.5) is 12.6 Å². The molecule has 0 unspecified atom stereocenters. The van der Waals surface area contributed by atoms with Crippen LogP contribution >= 0.6 is 7.69 Å². The van der Waals surface area contributed by atoms with Gasteiger partial charge in [0.1, 0.15) is 0 Å². The van der Waals surface area contributed by atoms with Crippen LogP contribution in [-0.4, -0.2) is 12.7 Å². The van der Waals surface area contributed by atoms with Crippen LogP contribution in [0.15, 0.2) is 0 Å². The van der Waals surface area contributed by atoms with Crippen LogP contribution < -0.4 is 5.09 Å². The van der Waals surface area contributed by atoms with E-state index >= 15 is 0 Å². The first-order chi connectivity index (χ1) is 4.74. The van der Waals surface area contributed by atoms with Crippen LogP contribution in [0.25, 0.3) is 0 Å². The molecule has 0 aromatic rings. The van der Waals surface area contributed by atoms with Crippen LogP contribution in [0.2, 0.25) is 0 Å². The molecule has 0 amide bonds. The van der Waals surface area contributed by atoms with Crippen molar-refractivity contribution in [1.29, 1.82) is 0 Å². The molecule has 1 N–H and O–H groups in total. The van der Waals surface area contributed by atoms with E-state index in [2.05, 4.69) is 0 Å². The summed E-state index contributed by atoms with van der Waals surface area (Å²) in [7, 11) is -5.95. The van der Waals surface area contributed by atoms with Crippen molar-refractivity contribution in [3.05, 3.63) is 0 Å². The van der Waals surface area contributed by atoms with E-state index in [-0.39, 0.29) is 12.5 Å². The molecule has 0 saturated carbocycles. The molecule has 0 atom stereocenters. The summed E-state index contributed by atoms with van der Waals surface area (Å²) in [6.07, 6.45) is -0.710. The number of rotatable bonds is 4. The Labute approximate surface area is 65.7 Å². The van der Waals surface area contributed by atoms with Gasteiger partial charge in [-0.05, 0) is 0 Å². The van der Waals surface area contributed by atoms with Gasteiger partial charge in [-0.3, -0.25) is 0 Å². The van der Waals surface area contributed by atoms with E-state index in [9.17, 15) is 12.6 Å². The molecule has 0 aromatic heterocycles. The number of hydrogen-bond donors (Lipinski definition) is 1. The quantitative estimate of drug-likeness (QED) is 0.668. The van der Waals surface area contributed by atoms with E-state index in [0.717, 1.165) is 6.92 Å². The van der Waals surface area contributed by atoms with Gasteiger partial charge >= 0.3 is 64.8 Å². The van der Waals surface area contributed by atoms with E-state index in [0.29, 0.717) is 0 Å². The van der Waals surface area contributed by atoms with E-state index in [1.54, 1.807) is 18.9 Å². The molecule has 1 nitrogen and oxygen atoms in total. The number of nitrogens with one attached hydrogen (secondary N) is 1. The van der Waals surface area contributed by atoms with Crippen LogP contribution in [0.3, 0.4) is 0 Å². The summed E-state index contributed by atoms with van der Waals surface area (Å²) in [5.41, 5.74) is 0. The predicted molar refractivity (Wildman–Crippen MR) is 43.6 cm³/mol. The summed E-state index contributed by atoms with van der Waals surface area (Å²) in [6, 6.07) is 0. The van der Waals surface area contributed by atoms with Gasteiger partial charge in [-0.2, -0.15) is 0 Å². The van der Waals surface area contributed by atoms with Gasteiger partial charge in [-0.1, -0.05) is 0 Å². The van der Waals surface area contributed by atoms with E-state index in [4.69, 9.17) is 0 Å². The first kappa shape index (κ1) is 11.2. The van der Waals surface area contributed by atoms with Crippen molar-refractivity contribution < 1.29 is 12.6 Å². The second-order valence-electron chi connectivity index (χ2n) is 3.03. The molecule has 0 saturated heterocycles. The van der Waals surface area contributed by atoms with Gasteiger partial charge in [0.2, 0.25) is 0 Å². The zero-order valence-electron chi connectivity index (χ0n) is 7.07. The Morgan fingerprint density at radius 3 is 2.00 bits per heavy atom. The summed E-state index contributed by atoms with van der Waals surface area (Å²) in [4.78, 5) is 0. The molecule has 0 aliphatic carbocycles. The molecular weight excluding hydrogens is 174 g/mol. The molecule has 0 aliphatic heterocycles. The Morgan fingerprint density at radius 1 is 1.27 bits per heavy atom. The van der Waals surface area contributed by atoms with E-state index < -0.39 is 13.8 Å². The fraction of sp³-hybridized carbons (Fsp3) is 1.00. The second kappa shape index (κ2) is 3.28.